The van der Waals surface area contributed by atoms with E-state index in [0.29, 0.717) is 16.9 Å². The van der Waals surface area contributed by atoms with E-state index >= 15 is 0 Å². The third-order valence-corrected chi connectivity index (χ3v) is 6.79. The van der Waals surface area contributed by atoms with Crippen molar-refractivity contribution in [3.05, 3.63) is 87.8 Å². The van der Waals surface area contributed by atoms with Crippen LogP contribution in [0.2, 0.25) is 0 Å². The van der Waals surface area contributed by atoms with Gasteiger partial charge in [0.2, 0.25) is 9.84 Å². The van der Waals surface area contributed by atoms with Crippen LogP contribution in [0.5, 0.6) is 0 Å². The molecule has 1 heterocycles. The van der Waals surface area contributed by atoms with Gasteiger partial charge >= 0.3 is 0 Å². The van der Waals surface area contributed by atoms with Gasteiger partial charge in [0.25, 0.3) is 5.91 Å². The maximum Gasteiger partial charge on any atom is 0.250 e. The normalized spacial score (nSPS) is 12.1. The number of allylic oxidation sites excluding steroid dienone is 1. The van der Waals surface area contributed by atoms with E-state index in [1.165, 1.54) is 30.3 Å². The number of hydrogen-bond acceptors (Lipinski definition) is 4. The van der Waals surface area contributed by atoms with Gasteiger partial charge in [0.15, 0.2) is 0 Å². The van der Waals surface area contributed by atoms with Gasteiger partial charge in [-0.05, 0) is 60.9 Å². The Labute approximate surface area is 186 Å². The van der Waals surface area contributed by atoms with Crippen molar-refractivity contribution >= 4 is 21.8 Å². The number of hydrogen-bond donors (Lipinski definition) is 1. The average molecular weight is 452 g/mol. The summed E-state index contributed by atoms with van der Waals surface area (Å²) in [4.78, 5) is 11.6. The van der Waals surface area contributed by atoms with Crippen molar-refractivity contribution in [3.8, 4) is 11.8 Å². The topological polar surface area (TPSA) is 106 Å². The third kappa shape index (κ3) is 4.20. The number of halogens is 1. The molecule has 0 saturated heterocycles. The van der Waals surface area contributed by atoms with Crippen LogP contribution in [-0.2, 0) is 9.84 Å². The number of rotatable bonds is 6. The summed E-state index contributed by atoms with van der Waals surface area (Å²) in [5.41, 5.74) is 7.67. The molecule has 1 amide bonds. The van der Waals surface area contributed by atoms with Gasteiger partial charge in [0.05, 0.1) is 16.1 Å². The van der Waals surface area contributed by atoms with Crippen molar-refractivity contribution in [3.63, 3.8) is 0 Å². The minimum absolute atomic E-state index is 0.00135. The minimum Gasteiger partial charge on any atom is -0.366 e. The van der Waals surface area contributed by atoms with E-state index in [1.54, 1.807) is 41.8 Å². The van der Waals surface area contributed by atoms with Crippen molar-refractivity contribution < 1.29 is 17.6 Å². The summed E-state index contributed by atoms with van der Waals surface area (Å²) in [6, 6.07) is 15.0. The molecule has 8 heteroatoms. The molecule has 1 aromatic heterocycles. The van der Waals surface area contributed by atoms with Gasteiger partial charge in [-0.15, -0.1) is 0 Å². The molecular weight excluding hydrogens is 429 g/mol. The number of carbonyl (C=O) groups excluding carboxylic acids is 1. The molecule has 0 aliphatic rings. The molecule has 164 valence electrons. The zero-order valence-electron chi connectivity index (χ0n) is 17.8. The fraction of sp³-hybridized carbons (Fsp3) is 0.167. The zero-order valence-corrected chi connectivity index (χ0v) is 18.7. The van der Waals surface area contributed by atoms with Gasteiger partial charge in [-0.25, -0.2) is 12.8 Å². The first-order valence-electron chi connectivity index (χ1n) is 9.81. The van der Waals surface area contributed by atoms with E-state index in [4.69, 9.17) is 5.73 Å². The Morgan fingerprint density at radius 2 is 1.81 bits per heavy atom. The van der Waals surface area contributed by atoms with Gasteiger partial charge < -0.3 is 10.3 Å². The standard InChI is InChI=1S/C24H22FN3O3S/c1-15(2)23-12-17(11-20(14-26)32(30,31)19-7-5-4-6-8-19)16(3)28(23)22-10-9-18(25)13-21(22)24(27)29/h4-13,15H,1-3H3,(H2,27,29)/b20-11+. The number of carbonyl (C=O) groups is 1. The highest BCUT2D eigenvalue weighted by Gasteiger charge is 2.23. The Morgan fingerprint density at radius 1 is 1.16 bits per heavy atom. The monoisotopic (exact) mass is 451 g/mol. The molecule has 0 fully saturated rings. The second-order valence-corrected chi connectivity index (χ2v) is 9.48. The van der Waals surface area contributed by atoms with Crippen molar-refractivity contribution in [2.45, 2.75) is 31.6 Å². The molecular formula is C24H22FN3O3S. The highest BCUT2D eigenvalue weighted by molar-refractivity contribution is 7.95. The van der Waals surface area contributed by atoms with E-state index in [0.717, 1.165) is 11.8 Å². The Morgan fingerprint density at radius 3 is 2.38 bits per heavy atom. The van der Waals surface area contributed by atoms with Crippen molar-refractivity contribution in [1.29, 1.82) is 5.26 Å². The number of aromatic nitrogens is 1. The number of nitrogens with zero attached hydrogens (tertiary/aromatic N) is 2. The van der Waals surface area contributed by atoms with Gasteiger partial charge in [0.1, 0.15) is 16.8 Å². The van der Waals surface area contributed by atoms with Crippen LogP contribution in [0.1, 0.15) is 47.1 Å². The van der Waals surface area contributed by atoms with Crippen molar-refractivity contribution in [2.75, 3.05) is 0 Å². The largest absolute Gasteiger partial charge is 0.366 e. The number of sulfone groups is 1. The summed E-state index contributed by atoms with van der Waals surface area (Å²) in [6.07, 6.45) is 1.31. The third-order valence-electron chi connectivity index (χ3n) is 5.11. The molecule has 2 aromatic carbocycles. The predicted molar refractivity (Wildman–Crippen MR) is 120 cm³/mol. The van der Waals surface area contributed by atoms with Crippen LogP contribution in [0.25, 0.3) is 11.8 Å². The molecule has 0 bridgehead atoms. The second kappa shape index (κ2) is 8.81. The Balaban J connectivity index is 2.26. The smallest absolute Gasteiger partial charge is 0.250 e. The molecule has 6 nitrogen and oxygen atoms in total. The van der Waals surface area contributed by atoms with Crippen LogP contribution in [-0.4, -0.2) is 18.9 Å². The van der Waals surface area contributed by atoms with Gasteiger partial charge in [-0.3, -0.25) is 4.79 Å². The lowest BCUT2D eigenvalue weighted by atomic mass is 10.1. The average Bonchev–Trinajstić information content (AvgIpc) is 3.08. The van der Waals surface area contributed by atoms with Crippen molar-refractivity contribution in [2.24, 2.45) is 5.73 Å². The predicted octanol–water partition coefficient (Wildman–Crippen LogP) is 4.49. The molecule has 3 aromatic rings. The van der Waals surface area contributed by atoms with Gasteiger partial charge in [0, 0.05) is 11.4 Å². The number of nitrogens with two attached hydrogens (primary N) is 1. The molecule has 0 aliphatic carbocycles. The quantitative estimate of drug-likeness (QED) is 0.558. The Kier molecular flexibility index (Phi) is 6.32. The maximum absolute atomic E-state index is 13.8. The SMILES string of the molecule is Cc1c(/C=C(\C#N)S(=O)(=O)c2ccccc2)cc(C(C)C)n1-c1ccc(F)cc1C(N)=O. The van der Waals surface area contributed by atoms with E-state index < -0.39 is 26.5 Å². The second-order valence-electron chi connectivity index (χ2n) is 7.56. The zero-order chi connectivity index (χ0) is 23.6. The van der Waals surface area contributed by atoms with Crippen LogP contribution in [0, 0.1) is 24.1 Å². The Hall–Kier alpha value is -3.70. The molecule has 0 aliphatic heterocycles. The summed E-state index contributed by atoms with van der Waals surface area (Å²) >= 11 is 0. The summed E-state index contributed by atoms with van der Waals surface area (Å²) in [5, 5.41) is 9.62. The highest BCUT2D eigenvalue weighted by atomic mass is 32.2. The minimum atomic E-state index is -4.01. The van der Waals surface area contributed by atoms with E-state index in [2.05, 4.69) is 0 Å². The fourth-order valence-corrected chi connectivity index (χ4v) is 4.65. The summed E-state index contributed by atoms with van der Waals surface area (Å²) in [5.74, 6) is -1.42. The maximum atomic E-state index is 13.8. The van der Waals surface area contributed by atoms with Gasteiger partial charge in [-0.1, -0.05) is 32.0 Å². The van der Waals surface area contributed by atoms with Crippen LogP contribution in [0.4, 0.5) is 4.39 Å². The molecule has 3 rings (SSSR count). The summed E-state index contributed by atoms with van der Waals surface area (Å²) < 4.78 is 41.4. The van der Waals surface area contributed by atoms with Crippen LogP contribution in [0.15, 0.2) is 64.4 Å². The van der Waals surface area contributed by atoms with E-state index in [9.17, 15) is 22.9 Å². The first kappa shape index (κ1) is 23.0. The number of amides is 1. The molecule has 32 heavy (non-hydrogen) atoms. The highest BCUT2D eigenvalue weighted by Crippen LogP contribution is 2.31. The summed E-state index contributed by atoms with van der Waals surface area (Å²) in [6.45, 7) is 5.59. The first-order valence-corrected chi connectivity index (χ1v) is 11.3. The molecule has 0 unspecified atom stereocenters. The lowest BCUT2D eigenvalue weighted by Crippen LogP contribution is -2.16. The Bertz CT molecular complexity index is 1370. The molecule has 0 saturated carbocycles. The van der Waals surface area contributed by atoms with E-state index in [1.807, 2.05) is 13.8 Å². The van der Waals surface area contributed by atoms with E-state index in [-0.39, 0.29) is 16.4 Å². The fourth-order valence-electron chi connectivity index (χ4n) is 3.48. The molecule has 0 atom stereocenters. The van der Waals surface area contributed by atoms with Crippen LogP contribution in [0.3, 0.4) is 0 Å². The van der Waals surface area contributed by atoms with Crippen LogP contribution < -0.4 is 5.73 Å². The van der Waals surface area contributed by atoms with Crippen LogP contribution >= 0.6 is 0 Å². The summed E-state index contributed by atoms with van der Waals surface area (Å²) in [7, 11) is -4.01. The van der Waals surface area contributed by atoms with Crippen molar-refractivity contribution in [1.82, 2.24) is 4.57 Å². The lowest BCUT2D eigenvalue weighted by Gasteiger charge is -2.17. The van der Waals surface area contributed by atoms with Gasteiger partial charge in [-0.2, -0.15) is 5.26 Å². The number of primary amides is 1. The first-order chi connectivity index (χ1) is 15.1. The number of benzene rings is 2. The molecule has 0 spiro atoms. The number of nitriles is 1. The lowest BCUT2D eigenvalue weighted by molar-refractivity contribution is 0.1000. The molecule has 2 N–H and O–H groups in total. The molecule has 0 radical (unpaired) electrons.